The zero-order valence-corrected chi connectivity index (χ0v) is 12.5. The molecule has 2 saturated heterocycles. The van der Waals surface area contributed by atoms with E-state index >= 15 is 0 Å². The van der Waals surface area contributed by atoms with E-state index in [1.165, 1.54) is 0 Å². The number of hydrogen-bond acceptors (Lipinski definition) is 4. The van der Waals surface area contributed by atoms with Gasteiger partial charge in [-0.05, 0) is 36.1 Å². The maximum atomic E-state index is 11.9. The maximum Gasteiger partial charge on any atom is 0.240 e. The van der Waals surface area contributed by atoms with Crippen LogP contribution >= 0.6 is 0 Å². The van der Waals surface area contributed by atoms with E-state index in [1.54, 1.807) is 19.1 Å². The minimum atomic E-state index is -3.34. The highest BCUT2D eigenvalue weighted by Crippen LogP contribution is 2.30. The Morgan fingerprint density at radius 2 is 1.80 bits per heavy atom. The third-order valence-electron chi connectivity index (χ3n) is 4.24. The van der Waals surface area contributed by atoms with Crippen molar-refractivity contribution in [1.29, 1.82) is 0 Å². The van der Waals surface area contributed by atoms with E-state index in [4.69, 9.17) is 0 Å². The van der Waals surface area contributed by atoms with E-state index in [9.17, 15) is 8.42 Å². The predicted octanol–water partition coefficient (Wildman–Crippen LogP) is 0.640. The molecule has 6 heteroatoms. The van der Waals surface area contributed by atoms with Gasteiger partial charge in [-0.15, -0.1) is 0 Å². The van der Waals surface area contributed by atoms with Crippen molar-refractivity contribution in [3.8, 4) is 0 Å². The molecule has 2 aliphatic rings. The van der Waals surface area contributed by atoms with E-state index in [0.29, 0.717) is 11.4 Å². The molecule has 2 aliphatic heterocycles. The molecule has 0 aliphatic carbocycles. The zero-order chi connectivity index (χ0) is 14.2. The Morgan fingerprint density at radius 3 is 2.35 bits per heavy atom. The molecule has 0 unspecified atom stereocenters. The summed E-state index contributed by atoms with van der Waals surface area (Å²) in [6.07, 6.45) is 0. The van der Waals surface area contributed by atoms with Crippen LogP contribution in [-0.4, -0.2) is 41.1 Å². The molecule has 0 bridgehead atoms. The molecular weight excluding hydrogens is 274 g/mol. The fourth-order valence-electron chi connectivity index (χ4n) is 3.18. The molecule has 2 N–H and O–H groups in total. The summed E-state index contributed by atoms with van der Waals surface area (Å²) in [7, 11) is -3.34. The van der Waals surface area contributed by atoms with Gasteiger partial charge in [0.05, 0.1) is 4.90 Å². The largest absolute Gasteiger partial charge is 0.371 e. The summed E-state index contributed by atoms with van der Waals surface area (Å²) in [6, 6.07) is 7.22. The van der Waals surface area contributed by atoms with Crippen LogP contribution in [-0.2, 0) is 10.0 Å². The van der Waals surface area contributed by atoms with Gasteiger partial charge >= 0.3 is 0 Å². The van der Waals surface area contributed by atoms with Crippen LogP contribution in [0, 0.1) is 11.8 Å². The lowest BCUT2D eigenvalue weighted by Gasteiger charge is -2.20. The zero-order valence-electron chi connectivity index (χ0n) is 11.7. The quantitative estimate of drug-likeness (QED) is 0.856. The summed E-state index contributed by atoms with van der Waals surface area (Å²) in [5, 5.41) is 3.43. The second-order valence-electron chi connectivity index (χ2n) is 5.58. The first-order chi connectivity index (χ1) is 9.60. The summed E-state index contributed by atoms with van der Waals surface area (Å²) in [6.45, 7) is 6.53. The van der Waals surface area contributed by atoms with Gasteiger partial charge in [0, 0.05) is 38.4 Å². The monoisotopic (exact) mass is 295 g/mol. The van der Waals surface area contributed by atoms with Gasteiger partial charge in [0.15, 0.2) is 0 Å². The predicted molar refractivity (Wildman–Crippen MR) is 79.4 cm³/mol. The Morgan fingerprint density at radius 1 is 1.20 bits per heavy atom. The van der Waals surface area contributed by atoms with Crippen LogP contribution in [0.5, 0.6) is 0 Å². The maximum absolute atomic E-state index is 11.9. The first-order valence-electron chi connectivity index (χ1n) is 7.15. The van der Waals surface area contributed by atoms with Crippen LogP contribution in [0.4, 0.5) is 5.69 Å². The number of nitrogens with one attached hydrogen (secondary N) is 2. The van der Waals surface area contributed by atoms with Crippen molar-refractivity contribution >= 4 is 15.7 Å². The Hall–Kier alpha value is -1.11. The summed E-state index contributed by atoms with van der Waals surface area (Å²) >= 11 is 0. The molecule has 0 aromatic heterocycles. The average molecular weight is 295 g/mol. The third kappa shape index (κ3) is 2.55. The Bertz CT molecular complexity index is 559. The van der Waals surface area contributed by atoms with E-state index in [0.717, 1.165) is 43.7 Å². The number of sulfonamides is 1. The molecule has 3 rings (SSSR count). The Kier molecular flexibility index (Phi) is 3.70. The van der Waals surface area contributed by atoms with Crippen LogP contribution in [0.2, 0.25) is 0 Å². The highest BCUT2D eigenvalue weighted by molar-refractivity contribution is 7.89. The number of nitrogens with zero attached hydrogens (tertiary/aromatic N) is 1. The lowest BCUT2D eigenvalue weighted by molar-refractivity contribution is 0.533. The SMILES string of the molecule is CCNS(=O)(=O)c1ccc(N2C[C@H]3CNC[C@H]3C2)cc1. The van der Waals surface area contributed by atoms with Gasteiger partial charge in [-0.3, -0.25) is 0 Å². The van der Waals surface area contributed by atoms with Crippen molar-refractivity contribution in [3.63, 3.8) is 0 Å². The van der Waals surface area contributed by atoms with E-state index in [1.807, 2.05) is 12.1 Å². The standard InChI is InChI=1S/C14H21N3O2S/c1-2-16-20(18,19)14-5-3-13(4-6-14)17-9-11-7-15-8-12(11)10-17/h3-6,11-12,15-16H,2,7-10H2,1H3/t11-,12+. The fraction of sp³-hybridized carbons (Fsp3) is 0.571. The lowest BCUT2D eigenvalue weighted by atomic mass is 10.0. The molecule has 2 heterocycles. The van der Waals surface area contributed by atoms with Crippen LogP contribution in [0.1, 0.15) is 6.92 Å². The van der Waals surface area contributed by atoms with Gasteiger partial charge < -0.3 is 10.2 Å². The smallest absolute Gasteiger partial charge is 0.240 e. The summed E-state index contributed by atoms with van der Waals surface area (Å²) in [5.74, 6) is 1.47. The van der Waals surface area contributed by atoms with Crippen molar-refractivity contribution in [3.05, 3.63) is 24.3 Å². The second-order valence-corrected chi connectivity index (χ2v) is 7.35. The molecule has 110 valence electrons. The van der Waals surface area contributed by atoms with E-state index in [-0.39, 0.29) is 0 Å². The average Bonchev–Trinajstić information content (AvgIpc) is 2.99. The summed E-state index contributed by atoms with van der Waals surface area (Å²) in [5.41, 5.74) is 1.12. The van der Waals surface area contributed by atoms with Crippen LogP contribution in [0.15, 0.2) is 29.2 Å². The van der Waals surface area contributed by atoms with Gasteiger partial charge in [0.2, 0.25) is 10.0 Å². The number of benzene rings is 1. The van der Waals surface area contributed by atoms with Crippen molar-refractivity contribution in [2.75, 3.05) is 37.6 Å². The molecule has 0 amide bonds. The number of hydrogen-bond donors (Lipinski definition) is 2. The first-order valence-corrected chi connectivity index (χ1v) is 8.64. The number of anilines is 1. The minimum absolute atomic E-state index is 0.337. The highest BCUT2D eigenvalue weighted by atomic mass is 32.2. The summed E-state index contributed by atoms with van der Waals surface area (Å²) in [4.78, 5) is 2.70. The van der Waals surface area contributed by atoms with E-state index in [2.05, 4.69) is 14.9 Å². The highest BCUT2D eigenvalue weighted by Gasteiger charge is 2.36. The molecule has 0 saturated carbocycles. The minimum Gasteiger partial charge on any atom is -0.371 e. The molecule has 1 aromatic rings. The van der Waals surface area contributed by atoms with Crippen molar-refractivity contribution in [1.82, 2.24) is 10.0 Å². The van der Waals surface area contributed by atoms with Crippen molar-refractivity contribution in [2.45, 2.75) is 11.8 Å². The second kappa shape index (κ2) is 5.35. The molecule has 1 aromatic carbocycles. The number of rotatable bonds is 4. The van der Waals surface area contributed by atoms with Gasteiger partial charge in [-0.1, -0.05) is 6.92 Å². The molecule has 5 nitrogen and oxygen atoms in total. The molecule has 2 atom stereocenters. The van der Waals surface area contributed by atoms with Crippen molar-refractivity contribution in [2.24, 2.45) is 11.8 Å². The fourth-order valence-corrected chi connectivity index (χ4v) is 4.22. The lowest BCUT2D eigenvalue weighted by Crippen LogP contribution is -2.26. The Balaban J connectivity index is 1.74. The third-order valence-corrected chi connectivity index (χ3v) is 5.80. The molecule has 0 spiro atoms. The molecule has 20 heavy (non-hydrogen) atoms. The van der Waals surface area contributed by atoms with Crippen LogP contribution in [0.3, 0.4) is 0 Å². The van der Waals surface area contributed by atoms with Gasteiger partial charge in [-0.25, -0.2) is 13.1 Å². The molecule has 0 radical (unpaired) electrons. The number of fused-ring (bicyclic) bond motifs is 1. The topological polar surface area (TPSA) is 61.4 Å². The van der Waals surface area contributed by atoms with Crippen LogP contribution in [0.25, 0.3) is 0 Å². The van der Waals surface area contributed by atoms with Gasteiger partial charge in [-0.2, -0.15) is 0 Å². The first kappa shape index (κ1) is 13.9. The summed E-state index contributed by atoms with van der Waals surface area (Å²) < 4.78 is 26.3. The van der Waals surface area contributed by atoms with Gasteiger partial charge in [0.1, 0.15) is 0 Å². The molecular formula is C14H21N3O2S. The molecule has 2 fully saturated rings. The van der Waals surface area contributed by atoms with E-state index < -0.39 is 10.0 Å². The normalized spacial score (nSPS) is 25.9. The van der Waals surface area contributed by atoms with Crippen LogP contribution < -0.4 is 14.9 Å². The Labute approximate surface area is 120 Å². The van der Waals surface area contributed by atoms with Gasteiger partial charge in [0.25, 0.3) is 0 Å². The van der Waals surface area contributed by atoms with Crippen molar-refractivity contribution < 1.29 is 8.42 Å².